The van der Waals surface area contributed by atoms with Crippen LogP contribution in [-0.4, -0.2) is 39.4 Å². The summed E-state index contributed by atoms with van der Waals surface area (Å²) in [7, 11) is 0. The average molecular weight is 344 g/mol. The van der Waals surface area contributed by atoms with Gasteiger partial charge in [0.1, 0.15) is 11.6 Å². The van der Waals surface area contributed by atoms with Crippen molar-refractivity contribution in [3.63, 3.8) is 0 Å². The van der Waals surface area contributed by atoms with Crippen molar-refractivity contribution in [3.05, 3.63) is 47.8 Å². The molecule has 1 aromatic heterocycles. The number of imidazole rings is 1. The van der Waals surface area contributed by atoms with Crippen LogP contribution in [0.5, 0.6) is 0 Å². The van der Waals surface area contributed by atoms with Gasteiger partial charge in [-0.1, -0.05) is 6.07 Å². The van der Waals surface area contributed by atoms with Crippen molar-refractivity contribution in [2.45, 2.75) is 26.8 Å². The smallest absolute Gasteiger partial charge is 0.225 e. The first-order chi connectivity index (χ1) is 12.0. The Bertz CT molecular complexity index is 802. The number of nitrogens with one attached hydrogen (secondary N) is 1. The lowest BCUT2D eigenvalue weighted by Crippen LogP contribution is -2.32. The van der Waals surface area contributed by atoms with E-state index >= 15 is 0 Å². The van der Waals surface area contributed by atoms with E-state index in [1.807, 2.05) is 6.92 Å². The number of hydrogen-bond donors (Lipinski definition) is 1. The highest BCUT2D eigenvalue weighted by Crippen LogP contribution is 2.19. The quantitative estimate of drug-likeness (QED) is 0.899. The Hall–Kier alpha value is -2.70. The zero-order valence-electron chi connectivity index (χ0n) is 14.3. The van der Waals surface area contributed by atoms with Crippen LogP contribution >= 0.6 is 0 Å². The van der Waals surface area contributed by atoms with Crippen LogP contribution in [0.4, 0.5) is 4.39 Å². The highest BCUT2D eigenvalue weighted by molar-refractivity contribution is 5.89. The Kier molecular flexibility index (Phi) is 4.83. The summed E-state index contributed by atoms with van der Waals surface area (Å²) in [5.41, 5.74) is 1.09. The van der Waals surface area contributed by atoms with Crippen LogP contribution in [0.25, 0.3) is 5.69 Å². The molecular formula is C18H21FN4O2. The lowest BCUT2D eigenvalue weighted by molar-refractivity contribution is -0.128. The molecule has 25 heavy (non-hydrogen) atoms. The number of carbonyl (C=O) groups is 2. The van der Waals surface area contributed by atoms with Gasteiger partial charge in [-0.25, -0.2) is 9.37 Å². The molecule has 1 fully saturated rings. The van der Waals surface area contributed by atoms with Crippen LogP contribution < -0.4 is 5.32 Å². The molecule has 0 spiro atoms. The molecule has 0 aliphatic carbocycles. The minimum Gasteiger partial charge on any atom is -0.352 e. The fourth-order valence-electron chi connectivity index (χ4n) is 3.08. The van der Waals surface area contributed by atoms with Crippen molar-refractivity contribution < 1.29 is 14.0 Å². The molecule has 7 heteroatoms. The highest BCUT2D eigenvalue weighted by Gasteiger charge is 2.33. The number of rotatable bonds is 5. The second-order valence-electron chi connectivity index (χ2n) is 6.18. The number of aromatic nitrogens is 2. The summed E-state index contributed by atoms with van der Waals surface area (Å²) in [6, 6.07) is 4.85. The van der Waals surface area contributed by atoms with Crippen LogP contribution in [0, 0.1) is 18.7 Å². The lowest BCUT2D eigenvalue weighted by atomic mass is 10.1. The standard InChI is InChI=1S/C18H21FN4O2/c1-3-22-11-14(9-17(22)24)18(25)21-10-13-4-5-16(15(19)8-13)23-7-6-20-12(23)2/h4-8,14H,3,9-11H2,1-2H3,(H,21,25)/t14-/m1/s1. The summed E-state index contributed by atoms with van der Waals surface area (Å²) in [5, 5.41) is 2.80. The molecule has 3 rings (SSSR count). The average Bonchev–Trinajstić information content (AvgIpc) is 3.18. The predicted octanol–water partition coefficient (Wildman–Crippen LogP) is 1.80. The Labute approximate surface area is 145 Å². The Balaban J connectivity index is 1.62. The number of benzene rings is 1. The second-order valence-corrected chi connectivity index (χ2v) is 6.18. The maximum Gasteiger partial charge on any atom is 0.225 e. The molecule has 1 aliphatic rings. The summed E-state index contributed by atoms with van der Waals surface area (Å²) < 4.78 is 16.0. The molecule has 2 aromatic rings. The summed E-state index contributed by atoms with van der Waals surface area (Å²) >= 11 is 0. The van der Waals surface area contributed by atoms with Crippen LogP contribution in [-0.2, 0) is 16.1 Å². The van der Waals surface area contributed by atoms with Gasteiger partial charge in [-0.15, -0.1) is 0 Å². The van der Waals surface area contributed by atoms with Crippen LogP contribution in [0.2, 0.25) is 0 Å². The summed E-state index contributed by atoms with van der Waals surface area (Å²) in [6.45, 7) is 4.99. The molecule has 0 saturated carbocycles. The number of aryl methyl sites for hydroxylation is 1. The van der Waals surface area contributed by atoms with Crippen molar-refractivity contribution in [2.24, 2.45) is 5.92 Å². The largest absolute Gasteiger partial charge is 0.352 e. The Morgan fingerprint density at radius 2 is 2.24 bits per heavy atom. The molecule has 1 atom stereocenters. The van der Waals surface area contributed by atoms with Crippen molar-refractivity contribution >= 4 is 11.8 Å². The molecule has 2 heterocycles. The second kappa shape index (κ2) is 7.04. The van der Waals surface area contributed by atoms with Gasteiger partial charge >= 0.3 is 0 Å². The molecule has 1 N–H and O–H groups in total. The number of amides is 2. The topological polar surface area (TPSA) is 67.2 Å². The van der Waals surface area contributed by atoms with Gasteiger partial charge < -0.3 is 14.8 Å². The van der Waals surface area contributed by atoms with E-state index in [0.29, 0.717) is 30.2 Å². The van der Waals surface area contributed by atoms with Gasteiger partial charge in [-0.3, -0.25) is 9.59 Å². The monoisotopic (exact) mass is 344 g/mol. The molecule has 1 aliphatic heterocycles. The number of nitrogens with zero attached hydrogens (tertiary/aromatic N) is 3. The zero-order chi connectivity index (χ0) is 18.0. The van der Waals surface area contributed by atoms with Crippen LogP contribution in [0.15, 0.2) is 30.6 Å². The first kappa shape index (κ1) is 17.1. The third kappa shape index (κ3) is 3.55. The van der Waals surface area contributed by atoms with E-state index in [2.05, 4.69) is 10.3 Å². The van der Waals surface area contributed by atoms with E-state index in [-0.39, 0.29) is 36.5 Å². The van der Waals surface area contributed by atoms with Gasteiger partial charge in [0.05, 0.1) is 11.6 Å². The van der Waals surface area contributed by atoms with E-state index in [1.165, 1.54) is 6.07 Å². The summed E-state index contributed by atoms with van der Waals surface area (Å²) in [6.07, 6.45) is 3.56. The summed E-state index contributed by atoms with van der Waals surface area (Å²) in [4.78, 5) is 29.7. The van der Waals surface area contributed by atoms with Gasteiger partial charge in [-0.05, 0) is 31.5 Å². The van der Waals surface area contributed by atoms with Gasteiger partial charge in [-0.2, -0.15) is 0 Å². The molecule has 0 bridgehead atoms. The fraction of sp³-hybridized carbons (Fsp3) is 0.389. The third-order valence-corrected chi connectivity index (χ3v) is 4.53. The van der Waals surface area contributed by atoms with E-state index < -0.39 is 0 Å². The van der Waals surface area contributed by atoms with E-state index in [9.17, 15) is 14.0 Å². The van der Waals surface area contributed by atoms with Gasteiger partial charge in [0.2, 0.25) is 11.8 Å². The maximum absolute atomic E-state index is 14.4. The molecule has 1 aromatic carbocycles. The number of hydrogen-bond acceptors (Lipinski definition) is 3. The molecular weight excluding hydrogens is 323 g/mol. The number of halogens is 1. The normalized spacial score (nSPS) is 17.2. The fourth-order valence-corrected chi connectivity index (χ4v) is 3.08. The lowest BCUT2D eigenvalue weighted by Gasteiger charge is -2.14. The molecule has 132 valence electrons. The zero-order valence-corrected chi connectivity index (χ0v) is 14.3. The van der Waals surface area contributed by atoms with Crippen molar-refractivity contribution in [1.29, 1.82) is 0 Å². The van der Waals surface area contributed by atoms with Gasteiger partial charge in [0.15, 0.2) is 0 Å². The number of carbonyl (C=O) groups excluding carboxylic acids is 2. The summed E-state index contributed by atoms with van der Waals surface area (Å²) in [5.74, 6) is -0.162. The van der Waals surface area contributed by atoms with E-state index in [4.69, 9.17) is 0 Å². The molecule has 1 saturated heterocycles. The molecule has 0 unspecified atom stereocenters. The van der Waals surface area contributed by atoms with Crippen LogP contribution in [0.3, 0.4) is 0 Å². The minimum absolute atomic E-state index is 0.00810. The van der Waals surface area contributed by atoms with Crippen molar-refractivity contribution in [2.75, 3.05) is 13.1 Å². The molecule has 0 radical (unpaired) electrons. The van der Waals surface area contributed by atoms with Crippen LogP contribution in [0.1, 0.15) is 24.7 Å². The highest BCUT2D eigenvalue weighted by atomic mass is 19.1. The van der Waals surface area contributed by atoms with Crippen molar-refractivity contribution in [1.82, 2.24) is 19.8 Å². The molecule has 2 amide bonds. The van der Waals surface area contributed by atoms with Gasteiger partial charge in [0, 0.05) is 38.4 Å². The maximum atomic E-state index is 14.4. The Morgan fingerprint density at radius 3 is 2.84 bits per heavy atom. The van der Waals surface area contributed by atoms with E-state index in [0.717, 1.165) is 0 Å². The SMILES string of the molecule is CCN1C[C@H](C(=O)NCc2ccc(-n3ccnc3C)c(F)c2)CC1=O. The minimum atomic E-state index is -0.374. The Morgan fingerprint density at radius 1 is 1.44 bits per heavy atom. The molecule has 6 nitrogen and oxygen atoms in total. The van der Waals surface area contributed by atoms with Crippen molar-refractivity contribution in [3.8, 4) is 5.69 Å². The number of likely N-dealkylation sites (tertiary alicyclic amines) is 1. The predicted molar refractivity (Wildman–Crippen MR) is 90.5 cm³/mol. The first-order valence-corrected chi connectivity index (χ1v) is 8.33. The first-order valence-electron chi connectivity index (χ1n) is 8.33. The third-order valence-electron chi connectivity index (χ3n) is 4.53. The van der Waals surface area contributed by atoms with Gasteiger partial charge in [0.25, 0.3) is 0 Å². The van der Waals surface area contributed by atoms with E-state index in [1.54, 1.807) is 40.9 Å².